The first kappa shape index (κ1) is 13.0. The average Bonchev–Trinajstić information content (AvgIpc) is 2.88. The van der Waals surface area contributed by atoms with Gasteiger partial charge in [-0.2, -0.15) is 0 Å². The summed E-state index contributed by atoms with van der Waals surface area (Å²) >= 11 is 0. The van der Waals surface area contributed by atoms with E-state index >= 15 is 0 Å². The zero-order valence-electron chi connectivity index (χ0n) is 10.4. The molecule has 1 aromatic rings. The first-order valence-corrected chi connectivity index (χ1v) is 6.23. The fourth-order valence-corrected chi connectivity index (χ4v) is 1.69. The number of hydrogen-bond acceptors (Lipinski definition) is 1. The van der Waals surface area contributed by atoms with Crippen LogP contribution in [0.5, 0.6) is 0 Å². The Morgan fingerprint density at radius 1 is 1.25 bits per heavy atom. The third-order valence-corrected chi connectivity index (χ3v) is 2.79. The lowest BCUT2D eigenvalue weighted by Gasteiger charge is -2.06. The number of hydrogen-bond donors (Lipinski definition) is 1. The molecule has 2 rings (SSSR count). The minimum absolute atomic E-state index is 0.154. The van der Waals surface area contributed by atoms with Crippen LogP contribution in [0, 0.1) is 0 Å². The van der Waals surface area contributed by atoms with E-state index in [0.717, 1.165) is 6.42 Å². The Bertz CT molecular complexity index is 320. The van der Waals surface area contributed by atoms with Crippen molar-refractivity contribution < 1.29 is 0 Å². The maximum absolute atomic E-state index is 5.74. The van der Waals surface area contributed by atoms with Gasteiger partial charge in [0.2, 0.25) is 0 Å². The molecule has 1 aliphatic rings. The molecular formula is C15H23N. The lowest BCUT2D eigenvalue weighted by molar-refractivity contribution is 0.815. The minimum Gasteiger partial charge on any atom is -0.324 e. The SMILES string of the molecule is C1=CCCC1.CCc1cccc(C(C)N)c1. The molecule has 0 saturated heterocycles. The van der Waals surface area contributed by atoms with Gasteiger partial charge < -0.3 is 5.73 Å². The molecule has 0 fully saturated rings. The molecule has 2 N–H and O–H groups in total. The maximum Gasteiger partial charge on any atom is 0.0266 e. The highest BCUT2D eigenvalue weighted by atomic mass is 14.6. The quantitative estimate of drug-likeness (QED) is 0.745. The predicted octanol–water partition coefficient (Wildman–Crippen LogP) is 4.00. The highest BCUT2D eigenvalue weighted by Crippen LogP contribution is 2.11. The van der Waals surface area contributed by atoms with Crippen molar-refractivity contribution in [2.24, 2.45) is 5.73 Å². The molecule has 0 amide bonds. The summed E-state index contributed by atoms with van der Waals surface area (Å²) in [7, 11) is 0. The Kier molecular flexibility index (Phi) is 5.87. The predicted molar refractivity (Wildman–Crippen MR) is 71.4 cm³/mol. The summed E-state index contributed by atoms with van der Waals surface area (Å²) in [6, 6.07) is 8.60. The van der Waals surface area contributed by atoms with Crippen molar-refractivity contribution in [2.75, 3.05) is 0 Å². The lowest BCUT2D eigenvalue weighted by atomic mass is 10.0. The Hall–Kier alpha value is -1.08. The van der Waals surface area contributed by atoms with Crippen LogP contribution in [0.3, 0.4) is 0 Å². The molecule has 1 heteroatoms. The van der Waals surface area contributed by atoms with Crippen molar-refractivity contribution in [3.05, 3.63) is 47.5 Å². The summed E-state index contributed by atoms with van der Waals surface area (Å²) in [4.78, 5) is 0. The van der Waals surface area contributed by atoms with Gasteiger partial charge >= 0.3 is 0 Å². The largest absolute Gasteiger partial charge is 0.324 e. The first-order chi connectivity index (χ1) is 7.74. The lowest BCUT2D eigenvalue weighted by Crippen LogP contribution is -2.04. The van der Waals surface area contributed by atoms with Gasteiger partial charge in [-0.15, -0.1) is 0 Å². The Labute approximate surface area is 99.4 Å². The van der Waals surface area contributed by atoms with Gasteiger partial charge in [-0.25, -0.2) is 0 Å². The van der Waals surface area contributed by atoms with E-state index in [1.165, 1.54) is 30.4 Å². The number of benzene rings is 1. The topological polar surface area (TPSA) is 26.0 Å². The van der Waals surface area contributed by atoms with E-state index in [0.29, 0.717) is 0 Å². The van der Waals surface area contributed by atoms with E-state index in [9.17, 15) is 0 Å². The molecule has 0 bridgehead atoms. The molecule has 0 spiro atoms. The fraction of sp³-hybridized carbons (Fsp3) is 0.467. The first-order valence-electron chi connectivity index (χ1n) is 6.23. The molecule has 1 aromatic carbocycles. The van der Waals surface area contributed by atoms with Gasteiger partial charge in [0.1, 0.15) is 0 Å². The smallest absolute Gasteiger partial charge is 0.0266 e. The summed E-state index contributed by atoms with van der Waals surface area (Å²) < 4.78 is 0. The maximum atomic E-state index is 5.74. The third-order valence-electron chi connectivity index (χ3n) is 2.79. The van der Waals surface area contributed by atoms with Crippen LogP contribution >= 0.6 is 0 Å². The van der Waals surface area contributed by atoms with Crippen LogP contribution in [-0.2, 0) is 6.42 Å². The van der Waals surface area contributed by atoms with E-state index in [1.54, 1.807) is 0 Å². The van der Waals surface area contributed by atoms with Gasteiger partial charge in [0.15, 0.2) is 0 Å². The molecule has 1 atom stereocenters. The van der Waals surface area contributed by atoms with Gasteiger partial charge in [-0.3, -0.25) is 0 Å². The molecule has 0 radical (unpaired) electrons. The van der Waals surface area contributed by atoms with Crippen molar-refractivity contribution in [3.8, 4) is 0 Å². The van der Waals surface area contributed by atoms with E-state index in [4.69, 9.17) is 5.73 Å². The van der Waals surface area contributed by atoms with Crippen molar-refractivity contribution in [1.29, 1.82) is 0 Å². The van der Waals surface area contributed by atoms with Crippen molar-refractivity contribution in [3.63, 3.8) is 0 Å². The Morgan fingerprint density at radius 2 is 1.94 bits per heavy atom. The highest BCUT2D eigenvalue weighted by Gasteiger charge is 1.97. The van der Waals surface area contributed by atoms with Crippen LogP contribution in [0.15, 0.2) is 36.4 Å². The number of allylic oxidation sites excluding steroid dienone is 2. The molecule has 0 saturated carbocycles. The number of rotatable bonds is 2. The van der Waals surface area contributed by atoms with Crippen molar-refractivity contribution in [1.82, 2.24) is 0 Å². The Morgan fingerprint density at radius 3 is 2.38 bits per heavy atom. The van der Waals surface area contributed by atoms with Gasteiger partial charge in [-0.05, 0) is 43.7 Å². The van der Waals surface area contributed by atoms with Gasteiger partial charge in [0.25, 0.3) is 0 Å². The molecule has 16 heavy (non-hydrogen) atoms. The normalized spacial score (nSPS) is 15.4. The van der Waals surface area contributed by atoms with E-state index in [2.05, 4.69) is 43.3 Å². The molecule has 1 nitrogen and oxygen atoms in total. The third kappa shape index (κ3) is 4.63. The number of nitrogens with two attached hydrogens (primary N) is 1. The summed E-state index contributed by atoms with van der Waals surface area (Å²) in [6.07, 6.45) is 9.58. The molecule has 1 aliphatic carbocycles. The van der Waals surface area contributed by atoms with E-state index in [1.807, 2.05) is 6.92 Å². The zero-order valence-corrected chi connectivity index (χ0v) is 10.4. The summed E-state index contributed by atoms with van der Waals surface area (Å²) in [6.45, 7) is 4.16. The second-order valence-corrected chi connectivity index (χ2v) is 4.29. The average molecular weight is 217 g/mol. The van der Waals surface area contributed by atoms with E-state index < -0.39 is 0 Å². The molecule has 1 unspecified atom stereocenters. The Balaban J connectivity index is 0.000000212. The van der Waals surface area contributed by atoms with Crippen LogP contribution in [0.1, 0.15) is 50.3 Å². The summed E-state index contributed by atoms with van der Waals surface area (Å²) in [5, 5.41) is 0. The van der Waals surface area contributed by atoms with Crippen LogP contribution in [0.25, 0.3) is 0 Å². The minimum atomic E-state index is 0.154. The zero-order chi connectivity index (χ0) is 11.8. The second-order valence-electron chi connectivity index (χ2n) is 4.29. The second kappa shape index (κ2) is 7.24. The monoisotopic (exact) mass is 217 g/mol. The number of aryl methyl sites for hydroxylation is 1. The summed E-state index contributed by atoms with van der Waals surface area (Å²) in [5.41, 5.74) is 8.32. The van der Waals surface area contributed by atoms with Crippen LogP contribution in [-0.4, -0.2) is 0 Å². The van der Waals surface area contributed by atoms with Gasteiger partial charge in [0, 0.05) is 6.04 Å². The summed E-state index contributed by atoms with van der Waals surface area (Å²) in [5.74, 6) is 0. The van der Waals surface area contributed by atoms with Gasteiger partial charge in [0.05, 0.1) is 0 Å². The van der Waals surface area contributed by atoms with Crippen LogP contribution in [0.4, 0.5) is 0 Å². The molecule has 88 valence electrons. The van der Waals surface area contributed by atoms with Crippen LogP contribution in [0.2, 0.25) is 0 Å². The van der Waals surface area contributed by atoms with E-state index in [-0.39, 0.29) is 6.04 Å². The standard InChI is InChI=1S/C10H15N.C5H8/c1-3-9-5-4-6-10(7-9)8(2)11;1-2-4-5-3-1/h4-8H,3,11H2,1-2H3;1-2H,3-5H2. The molecule has 0 aromatic heterocycles. The van der Waals surface area contributed by atoms with Crippen LogP contribution < -0.4 is 5.73 Å². The molecule has 0 heterocycles. The van der Waals surface area contributed by atoms with Gasteiger partial charge in [-0.1, -0.05) is 43.3 Å². The molecule has 0 aliphatic heterocycles. The fourth-order valence-electron chi connectivity index (χ4n) is 1.69. The van der Waals surface area contributed by atoms with Crippen molar-refractivity contribution in [2.45, 2.75) is 45.6 Å². The van der Waals surface area contributed by atoms with Crippen molar-refractivity contribution >= 4 is 0 Å². The molecular weight excluding hydrogens is 194 g/mol. The highest BCUT2D eigenvalue weighted by molar-refractivity contribution is 5.25.